The smallest absolute Gasteiger partial charge is 0.325 e. The highest BCUT2D eigenvalue weighted by atomic mass is 19.1. The number of hydrogen-bond acceptors (Lipinski definition) is 5. The number of ether oxygens (including phenoxy) is 3. The highest BCUT2D eigenvalue weighted by Crippen LogP contribution is 2.18. The van der Waals surface area contributed by atoms with Crippen molar-refractivity contribution in [2.75, 3.05) is 20.4 Å². The van der Waals surface area contributed by atoms with Gasteiger partial charge in [0.1, 0.15) is 13.2 Å². The van der Waals surface area contributed by atoms with Crippen LogP contribution < -0.4 is 10.1 Å². The molecule has 7 heteroatoms. The van der Waals surface area contributed by atoms with E-state index in [0.717, 1.165) is 11.6 Å². The summed E-state index contributed by atoms with van der Waals surface area (Å²) in [5.41, 5.74) is 1.00. The van der Waals surface area contributed by atoms with Crippen molar-refractivity contribution in [3.8, 4) is 5.75 Å². The molecule has 6 nitrogen and oxygen atoms in total. The molecule has 0 atom stereocenters. The number of amides is 1. The summed E-state index contributed by atoms with van der Waals surface area (Å²) in [4.78, 5) is 23.7. The number of esters is 1. The van der Waals surface area contributed by atoms with Gasteiger partial charge in [-0.15, -0.1) is 0 Å². The van der Waals surface area contributed by atoms with Gasteiger partial charge in [0, 0.05) is 12.7 Å². The second kappa shape index (κ2) is 9.39. The van der Waals surface area contributed by atoms with Crippen LogP contribution in [-0.2, 0) is 20.9 Å². The summed E-state index contributed by atoms with van der Waals surface area (Å²) in [5, 5.41) is 2.42. The number of hydrogen-bond donors (Lipinski definition) is 1. The largest absolute Gasteiger partial charge is 0.464 e. The Morgan fingerprint density at radius 1 is 1.12 bits per heavy atom. The van der Waals surface area contributed by atoms with E-state index in [9.17, 15) is 14.0 Å². The zero-order valence-electron chi connectivity index (χ0n) is 13.7. The van der Waals surface area contributed by atoms with Gasteiger partial charge in [-0.2, -0.15) is 0 Å². The maximum absolute atomic E-state index is 13.5. The molecule has 0 unspecified atom stereocenters. The molecule has 0 saturated carbocycles. The SMILES string of the molecule is COCOc1cc(C(=O)NCC(=O)OCc2ccccc2)ccc1F. The molecule has 0 aliphatic rings. The molecule has 1 amide bonds. The summed E-state index contributed by atoms with van der Waals surface area (Å²) >= 11 is 0. The van der Waals surface area contributed by atoms with E-state index < -0.39 is 17.7 Å². The fourth-order valence-electron chi connectivity index (χ4n) is 1.92. The van der Waals surface area contributed by atoms with Crippen LogP contribution in [0.2, 0.25) is 0 Å². The van der Waals surface area contributed by atoms with Gasteiger partial charge in [0.25, 0.3) is 5.91 Å². The molecule has 132 valence electrons. The van der Waals surface area contributed by atoms with Gasteiger partial charge in [-0.25, -0.2) is 4.39 Å². The molecule has 2 aromatic carbocycles. The average molecular weight is 347 g/mol. The number of nitrogens with one attached hydrogen (secondary N) is 1. The van der Waals surface area contributed by atoms with Crippen LogP contribution in [0.4, 0.5) is 4.39 Å². The molecule has 0 heterocycles. The van der Waals surface area contributed by atoms with E-state index in [1.165, 1.54) is 19.2 Å². The van der Waals surface area contributed by atoms with Crippen molar-refractivity contribution < 1.29 is 28.2 Å². The zero-order chi connectivity index (χ0) is 18.1. The topological polar surface area (TPSA) is 73.9 Å². The molecular formula is C18H18FNO5. The van der Waals surface area contributed by atoms with Crippen molar-refractivity contribution in [2.24, 2.45) is 0 Å². The molecule has 2 rings (SSSR count). The highest BCUT2D eigenvalue weighted by Gasteiger charge is 2.12. The van der Waals surface area contributed by atoms with Gasteiger partial charge in [-0.05, 0) is 23.8 Å². The lowest BCUT2D eigenvalue weighted by Crippen LogP contribution is -2.30. The molecule has 0 aliphatic heterocycles. The zero-order valence-corrected chi connectivity index (χ0v) is 13.7. The third-order valence-corrected chi connectivity index (χ3v) is 3.16. The van der Waals surface area contributed by atoms with Crippen LogP contribution in [0.3, 0.4) is 0 Å². The third kappa shape index (κ3) is 5.89. The first-order chi connectivity index (χ1) is 12.1. The van der Waals surface area contributed by atoms with Gasteiger partial charge in [0.05, 0.1) is 0 Å². The van der Waals surface area contributed by atoms with Gasteiger partial charge in [-0.1, -0.05) is 30.3 Å². The molecule has 0 fully saturated rings. The van der Waals surface area contributed by atoms with Gasteiger partial charge >= 0.3 is 5.97 Å². The molecule has 0 bridgehead atoms. The van der Waals surface area contributed by atoms with Crippen LogP contribution in [0, 0.1) is 5.82 Å². The molecule has 1 N–H and O–H groups in total. The quantitative estimate of drug-likeness (QED) is 0.586. The second-order valence-corrected chi connectivity index (χ2v) is 5.03. The normalized spacial score (nSPS) is 10.2. The second-order valence-electron chi connectivity index (χ2n) is 5.03. The van der Waals surface area contributed by atoms with Crippen molar-refractivity contribution in [1.82, 2.24) is 5.32 Å². The monoisotopic (exact) mass is 347 g/mol. The summed E-state index contributed by atoms with van der Waals surface area (Å²) in [5.74, 6) is -1.84. The van der Waals surface area contributed by atoms with Gasteiger partial charge in [-0.3, -0.25) is 9.59 Å². The number of halogens is 1. The predicted molar refractivity (Wildman–Crippen MR) is 87.5 cm³/mol. The Bertz CT molecular complexity index is 721. The van der Waals surface area contributed by atoms with Crippen molar-refractivity contribution in [3.63, 3.8) is 0 Å². The molecule has 0 spiro atoms. The minimum Gasteiger partial charge on any atom is -0.464 e. The van der Waals surface area contributed by atoms with E-state index in [2.05, 4.69) is 5.32 Å². The predicted octanol–water partition coefficient (Wildman–Crippen LogP) is 2.28. The summed E-state index contributed by atoms with van der Waals surface area (Å²) < 4.78 is 28.3. The third-order valence-electron chi connectivity index (χ3n) is 3.16. The Morgan fingerprint density at radius 2 is 1.88 bits per heavy atom. The van der Waals surface area contributed by atoms with Crippen LogP contribution in [0.25, 0.3) is 0 Å². The first-order valence-corrected chi connectivity index (χ1v) is 7.49. The summed E-state index contributed by atoms with van der Waals surface area (Å²) in [6.45, 7) is -0.313. The molecule has 0 aliphatic carbocycles. The highest BCUT2D eigenvalue weighted by molar-refractivity contribution is 5.96. The van der Waals surface area contributed by atoms with Crippen LogP contribution in [0.1, 0.15) is 15.9 Å². The van der Waals surface area contributed by atoms with E-state index in [4.69, 9.17) is 14.2 Å². The average Bonchev–Trinajstić information content (AvgIpc) is 2.64. The van der Waals surface area contributed by atoms with E-state index in [1.807, 2.05) is 30.3 Å². The van der Waals surface area contributed by atoms with Crippen LogP contribution >= 0.6 is 0 Å². The van der Waals surface area contributed by atoms with E-state index in [-0.39, 0.29) is 31.3 Å². The van der Waals surface area contributed by atoms with Crippen molar-refractivity contribution in [2.45, 2.75) is 6.61 Å². The minimum atomic E-state index is -0.615. The van der Waals surface area contributed by atoms with Crippen LogP contribution in [-0.4, -0.2) is 32.3 Å². The van der Waals surface area contributed by atoms with E-state index in [1.54, 1.807) is 0 Å². The number of benzene rings is 2. The molecule has 0 aromatic heterocycles. The summed E-state index contributed by atoms with van der Waals surface area (Å²) in [7, 11) is 1.40. The fraction of sp³-hybridized carbons (Fsp3) is 0.222. The van der Waals surface area contributed by atoms with Crippen LogP contribution in [0.15, 0.2) is 48.5 Å². The van der Waals surface area contributed by atoms with Crippen LogP contribution in [0.5, 0.6) is 5.75 Å². The van der Waals surface area contributed by atoms with E-state index >= 15 is 0 Å². The first-order valence-electron chi connectivity index (χ1n) is 7.49. The molecule has 2 aromatic rings. The minimum absolute atomic E-state index is 0.110. The Kier molecular flexibility index (Phi) is 6.91. The van der Waals surface area contributed by atoms with Crippen molar-refractivity contribution >= 4 is 11.9 Å². The lowest BCUT2D eigenvalue weighted by Gasteiger charge is -2.09. The first kappa shape index (κ1) is 18.4. The number of carbonyl (C=O) groups excluding carboxylic acids is 2. The molecular weight excluding hydrogens is 329 g/mol. The Morgan fingerprint density at radius 3 is 2.60 bits per heavy atom. The number of methoxy groups -OCH3 is 1. The van der Waals surface area contributed by atoms with Gasteiger partial charge < -0.3 is 19.5 Å². The van der Waals surface area contributed by atoms with Crippen molar-refractivity contribution in [1.29, 1.82) is 0 Å². The van der Waals surface area contributed by atoms with E-state index in [0.29, 0.717) is 0 Å². The molecule has 25 heavy (non-hydrogen) atoms. The molecule has 0 saturated heterocycles. The van der Waals surface area contributed by atoms with Crippen molar-refractivity contribution in [3.05, 3.63) is 65.5 Å². The maximum Gasteiger partial charge on any atom is 0.325 e. The molecule has 0 radical (unpaired) electrons. The Labute approximate surface area is 144 Å². The summed E-state index contributed by atoms with van der Waals surface area (Å²) in [6, 6.07) is 12.8. The summed E-state index contributed by atoms with van der Waals surface area (Å²) in [6.07, 6.45) is 0. The maximum atomic E-state index is 13.5. The standard InChI is InChI=1S/C18H18FNO5/c1-23-12-25-16-9-14(7-8-15(16)19)18(22)20-10-17(21)24-11-13-5-3-2-4-6-13/h2-9H,10-12H2,1H3,(H,20,22). The van der Waals surface area contributed by atoms with Gasteiger partial charge in [0.15, 0.2) is 18.4 Å². The lowest BCUT2D eigenvalue weighted by molar-refractivity contribution is -0.143. The van der Waals surface area contributed by atoms with Gasteiger partial charge in [0.2, 0.25) is 0 Å². The lowest BCUT2D eigenvalue weighted by atomic mass is 10.2. The fourth-order valence-corrected chi connectivity index (χ4v) is 1.92. The Hall–Kier alpha value is -2.93. The number of rotatable bonds is 8. The number of carbonyl (C=O) groups is 2. The Balaban J connectivity index is 1.84.